The largest absolute Gasteiger partial charge is 0.491 e. The highest BCUT2D eigenvalue weighted by Crippen LogP contribution is 2.29. The van der Waals surface area contributed by atoms with Crippen molar-refractivity contribution in [2.75, 3.05) is 44.6 Å². The number of β-amino-alcohol motifs (C(OH)–C–C–N with tert-alkyl or cyclic N) is 1. The van der Waals surface area contributed by atoms with E-state index in [2.05, 4.69) is 5.32 Å². The van der Waals surface area contributed by atoms with E-state index in [1.807, 2.05) is 52.3 Å². The molecule has 190 valence electrons. The Hall–Kier alpha value is -2.88. The first kappa shape index (κ1) is 26.2. The number of primary amides is 1. The summed E-state index contributed by atoms with van der Waals surface area (Å²) in [4.78, 5) is 28.4. The van der Waals surface area contributed by atoms with E-state index in [9.17, 15) is 14.7 Å². The number of amides is 2. The standard InChI is InChI=1S/C26H28Cl2N4O4/c27-21-6-3-7-22(28)25(21)30-24(34)15-31-10-11-32(23(14-31)26(29)35)13-19(33)16-36-20-9-8-17-4-1-2-5-18(17)12-20/h1-9,12,19,23,33H,10-11,13-16H2,(H2,29,35)(H,30,34). The number of hydrogen-bond donors (Lipinski definition) is 3. The summed E-state index contributed by atoms with van der Waals surface area (Å²) in [6.45, 7) is 1.58. The van der Waals surface area contributed by atoms with Gasteiger partial charge in [0.15, 0.2) is 0 Å². The molecule has 1 fully saturated rings. The van der Waals surface area contributed by atoms with Crippen LogP contribution >= 0.6 is 23.2 Å². The molecule has 0 aromatic heterocycles. The molecule has 3 aromatic rings. The quantitative estimate of drug-likeness (QED) is 0.392. The summed E-state index contributed by atoms with van der Waals surface area (Å²) in [5.74, 6) is -0.156. The molecule has 2 atom stereocenters. The number of nitrogens with two attached hydrogens (primary N) is 1. The van der Waals surface area contributed by atoms with Gasteiger partial charge < -0.3 is 20.9 Å². The van der Waals surface area contributed by atoms with Crippen molar-refractivity contribution >= 4 is 51.5 Å². The zero-order chi connectivity index (χ0) is 25.7. The van der Waals surface area contributed by atoms with Crippen molar-refractivity contribution in [1.82, 2.24) is 9.80 Å². The molecule has 1 saturated heterocycles. The summed E-state index contributed by atoms with van der Waals surface area (Å²) in [6, 6.07) is 18.0. The minimum absolute atomic E-state index is 0.0484. The van der Waals surface area contributed by atoms with Gasteiger partial charge in [0, 0.05) is 26.2 Å². The number of piperazine rings is 1. The van der Waals surface area contributed by atoms with Crippen molar-refractivity contribution in [2.24, 2.45) is 5.73 Å². The van der Waals surface area contributed by atoms with Crippen molar-refractivity contribution in [1.29, 1.82) is 0 Å². The monoisotopic (exact) mass is 530 g/mol. The van der Waals surface area contributed by atoms with Crippen LogP contribution in [0.25, 0.3) is 10.8 Å². The Kier molecular flexibility index (Phi) is 8.66. The van der Waals surface area contributed by atoms with Gasteiger partial charge in [0.25, 0.3) is 0 Å². The number of nitrogens with zero attached hydrogens (tertiary/aromatic N) is 2. The second kappa shape index (κ2) is 11.9. The number of benzene rings is 3. The van der Waals surface area contributed by atoms with Gasteiger partial charge in [-0.3, -0.25) is 19.4 Å². The smallest absolute Gasteiger partial charge is 0.238 e. The fourth-order valence-electron chi connectivity index (χ4n) is 4.28. The molecule has 2 unspecified atom stereocenters. The van der Waals surface area contributed by atoms with Gasteiger partial charge in [-0.25, -0.2) is 0 Å². The first-order valence-electron chi connectivity index (χ1n) is 11.6. The molecule has 4 N–H and O–H groups in total. The van der Waals surface area contributed by atoms with Crippen molar-refractivity contribution in [3.63, 3.8) is 0 Å². The molecule has 0 saturated carbocycles. The molecule has 0 aliphatic carbocycles. The van der Waals surface area contributed by atoms with Crippen molar-refractivity contribution in [2.45, 2.75) is 12.1 Å². The average molecular weight is 531 g/mol. The van der Waals surface area contributed by atoms with Gasteiger partial charge >= 0.3 is 0 Å². The maximum atomic E-state index is 12.6. The number of ether oxygens (including phenoxy) is 1. The molecule has 1 aliphatic rings. The van der Waals surface area contributed by atoms with Crippen LogP contribution in [0.3, 0.4) is 0 Å². The number of fused-ring (bicyclic) bond motifs is 1. The minimum Gasteiger partial charge on any atom is -0.491 e. The lowest BCUT2D eigenvalue weighted by Crippen LogP contribution is -2.60. The van der Waals surface area contributed by atoms with Crippen LogP contribution < -0.4 is 15.8 Å². The number of nitrogens with one attached hydrogen (secondary N) is 1. The number of rotatable bonds is 9. The molecule has 0 bridgehead atoms. The summed E-state index contributed by atoms with van der Waals surface area (Å²) in [6.07, 6.45) is -0.824. The van der Waals surface area contributed by atoms with Crippen LogP contribution in [-0.4, -0.2) is 78.2 Å². The van der Waals surface area contributed by atoms with E-state index in [0.717, 1.165) is 10.8 Å². The van der Waals surface area contributed by atoms with E-state index in [4.69, 9.17) is 33.7 Å². The van der Waals surface area contributed by atoms with E-state index >= 15 is 0 Å². The van der Waals surface area contributed by atoms with Gasteiger partial charge in [-0.05, 0) is 35.0 Å². The van der Waals surface area contributed by atoms with Crippen molar-refractivity contribution in [3.05, 3.63) is 70.7 Å². The SMILES string of the molecule is NC(=O)C1CN(CC(=O)Nc2c(Cl)cccc2Cl)CCN1CC(O)COc1ccc2ccccc2c1. The maximum absolute atomic E-state index is 12.6. The molecule has 0 radical (unpaired) electrons. The lowest BCUT2D eigenvalue weighted by Gasteiger charge is -2.40. The van der Waals surface area contributed by atoms with E-state index < -0.39 is 18.1 Å². The van der Waals surface area contributed by atoms with Crippen LogP contribution in [0.5, 0.6) is 5.75 Å². The number of para-hydroxylation sites is 1. The van der Waals surface area contributed by atoms with Crippen LogP contribution in [0, 0.1) is 0 Å². The van der Waals surface area contributed by atoms with Gasteiger partial charge in [0.1, 0.15) is 24.5 Å². The molecule has 10 heteroatoms. The van der Waals surface area contributed by atoms with Crippen LogP contribution in [0.1, 0.15) is 0 Å². The summed E-state index contributed by atoms with van der Waals surface area (Å²) in [5.41, 5.74) is 6.00. The molecule has 2 amide bonds. The molecule has 0 spiro atoms. The molecular formula is C26H28Cl2N4O4. The van der Waals surface area contributed by atoms with Gasteiger partial charge in [-0.1, -0.05) is 59.6 Å². The highest BCUT2D eigenvalue weighted by molar-refractivity contribution is 6.39. The zero-order valence-electron chi connectivity index (χ0n) is 19.6. The molecule has 8 nitrogen and oxygen atoms in total. The Labute approximate surface area is 219 Å². The van der Waals surface area contributed by atoms with Crippen LogP contribution in [-0.2, 0) is 9.59 Å². The van der Waals surface area contributed by atoms with E-state index in [1.165, 1.54) is 0 Å². The third kappa shape index (κ3) is 6.66. The highest BCUT2D eigenvalue weighted by atomic mass is 35.5. The summed E-state index contributed by atoms with van der Waals surface area (Å²) in [7, 11) is 0. The Bertz CT molecular complexity index is 1220. The number of carbonyl (C=O) groups excluding carboxylic acids is 2. The molecule has 1 aliphatic heterocycles. The number of anilines is 1. The first-order chi connectivity index (χ1) is 17.3. The fraction of sp³-hybridized carbons (Fsp3) is 0.308. The van der Waals surface area contributed by atoms with Crippen LogP contribution in [0.15, 0.2) is 60.7 Å². The predicted molar refractivity (Wildman–Crippen MR) is 142 cm³/mol. The van der Waals surface area contributed by atoms with Gasteiger partial charge in [0.05, 0.1) is 22.3 Å². The number of halogens is 2. The molecule has 1 heterocycles. The molecule has 4 rings (SSSR count). The second-order valence-corrected chi connectivity index (χ2v) is 9.58. The summed E-state index contributed by atoms with van der Waals surface area (Å²) in [5, 5.41) is 16.2. The lowest BCUT2D eigenvalue weighted by atomic mass is 10.1. The molecule has 3 aromatic carbocycles. The van der Waals surface area contributed by atoms with Gasteiger partial charge in [-0.15, -0.1) is 0 Å². The Balaban J connectivity index is 1.29. The van der Waals surface area contributed by atoms with Crippen molar-refractivity contribution in [3.8, 4) is 5.75 Å². The number of hydrogen-bond acceptors (Lipinski definition) is 6. The first-order valence-corrected chi connectivity index (χ1v) is 12.3. The van der Waals surface area contributed by atoms with Crippen molar-refractivity contribution < 1.29 is 19.4 Å². The van der Waals surface area contributed by atoms with Gasteiger partial charge in [0.2, 0.25) is 11.8 Å². The minimum atomic E-state index is -0.824. The summed E-state index contributed by atoms with van der Waals surface area (Å²) >= 11 is 12.2. The van der Waals surface area contributed by atoms with Gasteiger partial charge in [-0.2, -0.15) is 0 Å². The number of aliphatic hydroxyl groups excluding tert-OH is 1. The normalized spacial score (nSPS) is 17.6. The highest BCUT2D eigenvalue weighted by Gasteiger charge is 2.33. The fourth-order valence-corrected chi connectivity index (χ4v) is 4.77. The second-order valence-electron chi connectivity index (χ2n) is 8.77. The zero-order valence-corrected chi connectivity index (χ0v) is 21.1. The summed E-state index contributed by atoms with van der Waals surface area (Å²) < 4.78 is 5.79. The maximum Gasteiger partial charge on any atom is 0.238 e. The van der Waals surface area contributed by atoms with Crippen LogP contribution in [0.4, 0.5) is 5.69 Å². The Morgan fingerprint density at radius 1 is 1.06 bits per heavy atom. The third-order valence-corrected chi connectivity index (χ3v) is 6.74. The van der Waals surface area contributed by atoms with Crippen LogP contribution in [0.2, 0.25) is 10.0 Å². The molecular weight excluding hydrogens is 503 g/mol. The van der Waals surface area contributed by atoms with E-state index in [-0.39, 0.29) is 32.1 Å². The lowest BCUT2D eigenvalue weighted by molar-refractivity contribution is -0.128. The van der Waals surface area contributed by atoms with E-state index in [1.54, 1.807) is 18.2 Å². The Morgan fingerprint density at radius 2 is 1.78 bits per heavy atom. The Morgan fingerprint density at radius 3 is 2.50 bits per heavy atom. The predicted octanol–water partition coefficient (Wildman–Crippen LogP) is 3.00. The number of aliphatic hydroxyl groups is 1. The number of carbonyl (C=O) groups is 2. The third-order valence-electron chi connectivity index (χ3n) is 6.11. The average Bonchev–Trinajstić information content (AvgIpc) is 2.86. The topological polar surface area (TPSA) is 108 Å². The van der Waals surface area contributed by atoms with E-state index in [0.29, 0.717) is 34.6 Å². The molecule has 36 heavy (non-hydrogen) atoms.